The SMILES string of the molecule is O=C1[C@@H]2N=NN(CC(=O)N3N=C4/C(=C/c5ccccc5)CCC[C@@H]4[C@H]3c3ccccc3)[C@H]2C(=O)N1c1c(F)c(F)c(F)c(F)c1F. The lowest BCUT2D eigenvalue weighted by molar-refractivity contribution is -0.136. The zero-order valence-corrected chi connectivity index (χ0v) is 23.8. The maximum Gasteiger partial charge on any atom is 0.264 e. The van der Waals surface area contributed by atoms with E-state index in [9.17, 15) is 36.3 Å². The first-order valence-corrected chi connectivity index (χ1v) is 14.5. The number of halogens is 5. The van der Waals surface area contributed by atoms with Gasteiger partial charge in [-0.1, -0.05) is 65.9 Å². The second-order valence-electron chi connectivity index (χ2n) is 11.3. The van der Waals surface area contributed by atoms with Crippen LogP contribution in [0.15, 0.2) is 81.7 Å². The Morgan fingerprint density at radius 3 is 2.13 bits per heavy atom. The molecule has 0 aromatic heterocycles. The van der Waals surface area contributed by atoms with E-state index < -0.39 is 77.2 Å². The van der Waals surface area contributed by atoms with E-state index in [1.807, 2.05) is 66.7 Å². The molecule has 3 aromatic rings. The first-order valence-electron chi connectivity index (χ1n) is 14.5. The molecule has 0 unspecified atom stereocenters. The van der Waals surface area contributed by atoms with Gasteiger partial charge < -0.3 is 0 Å². The van der Waals surface area contributed by atoms with E-state index in [0.29, 0.717) is 0 Å². The lowest BCUT2D eigenvalue weighted by Crippen LogP contribution is -2.45. The largest absolute Gasteiger partial charge is 0.271 e. The van der Waals surface area contributed by atoms with Crippen LogP contribution in [0, 0.1) is 35.0 Å². The molecule has 0 radical (unpaired) electrons. The Bertz CT molecular complexity index is 1840. The summed E-state index contributed by atoms with van der Waals surface area (Å²) in [5.74, 6) is -15.2. The maximum atomic E-state index is 14.6. The van der Waals surface area contributed by atoms with Gasteiger partial charge in [0.1, 0.15) is 12.2 Å². The van der Waals surface area contributed by atoms with Crippen LogP contribution in [0.5, 0.6) is 0 Å². The van der Waals surface area contributed by atoms with Crippen molar-refractivity contribution < 1.29 is 36.3 Å². The van der Waals surface area contributed by atoms with Gasteiger partial charge in [0, 0.05) is 5.92 Å². The van der Waals surface area contributed by atoms with Gasteiger partial charge in [-0.2, -0.15) is 10.2 Å². The van der Waals surface area contributed by atoms with E-state index in [4.69, 9.17) is 5.10 Å². The molecule has 0 bridgehead atoms. The topological polar surface area (TPSA) is 98.0 Å². The Kier molecular flexibility index (Phi) is 7.21. The lowest BCUT2D eigenvalue weighted by Gasteiger charge is -2.30. The average molecular weight is 635 g/mol. The summed E-state index contributed by atoms with van der Waals surface area (Å²) in [5.41, 5.74) is 1.83. The highest BCUT2D eigenvalue weighted by atomic mass is 19.2. The number of carbonyl (C=O) groups is 3. The van der Waals surface area contributed by atoms with Gasteiger partial charge in [0.2, 0.25) is 5.82 Å². The molecule has 0 spiro atoms. The predicted octanol–water partition coefficient (Wildman–Crippen LogP) is 5.50. The van der Waals surface area contributed by atoms with Crippen LogP contribution in [0.3, 0.4) is 0 Å². The average Bonchev–Trinajstić information content (AvgIpc) is 3.74. The number of hydrazone groups is 1. The van der Waals surface area contributed by atoms with E-state index >= 15 is 0 Å². The lowest BCUT2D eigenvalue weighted by atomic mass is 9.77. The Balaban J connectivity index is 1.20. The van der Waals surface area contributed by atoms with Gasteiger partial charge in [0.25, 0.3) is 17.7 Å². The molecule has 3 aromatic carbocycles. The number of hydrogen-bond acceptors (Lipinski definition) is 7. The number of rotatable bonds is 5. The Labute approximate surface area is 258 Å². The number of hydrogen-bond donors (Lipinski definition) is 0. The molecule has 14 heteroatoms. The van der Waals surface area contributed by atoms with Gasteiger partial charge in [-0.15, -0.1) is 0 Å². The minimum Gasteiger partial charge on any atom is -0.271 e. The number of carbonyl (C=O) groups excluding carboxylic acids is 3. The van der Waals surface area contributed by atoms with Gasteiger partial charge in [0.15, 0.2) is 35.4 Å². The molecule has 4 atom stereocenters. The monoisotopic (exact) mass is 634 g/mol. The summed E-state index contributed by atoms with van der Waals surface area (Å²) in [6, 6.07) is 15.2. The third-order valence-corrected chi connectivity index (χ3v) is 8.60. The van der Waals surface area contributed by atoms with Crippen molar-refractivity contribution >= 4 is 35.2 Å². The van der Waals surface area contributed by atoms with Crippen molar-refractivity contribution in [3.8, 4) is 0 Å². The molecular weight excluding hydrogens is 611 g/mol. The van der Waals surface area contributed by atoms with E-state index in [-0.39, 0.29) is 10.8 Å². The van der Waals surface area contributed by atoms with Crippen molar-refractivity contribution in [3.63, 3.8) is 0 Å². The normalized spacial score (nSPS) is 24.6. The maximum absolute atomic E-state index is 14.6. The van der Waals surface area contributed by atoms with Crippen LogP contribution in [-0.2, 0) is 14.4 Å². The molecule has 234 valence electrons. The Hall–Kier alpha value is -5.27. The molecule has 2 fully saturated rings. The minimum absolute atomic E-state index is 0.126. The zero-order chi connectivity index (χ0) is 32.3. The summed E-state index contributed by atoms with van der Waals surface area (Å²) in [5, 5.41) is 14.5. The van der Waals surface area contributed by atoms with E-state index in [1.165, 1.54) is 5.01 Å². The highest BCUT2D eigenvalue weighted by molar-refractivity contribution is 6.25. The molecular formula is C32H23F5N6O3. The predicted molar refractivity (Wildman–Crippen MR) is 153 cm³/mol. The fourth-order valence-electron chi connectivity index (χ4n) is 6.52. The molecule has 9 nitrogen and oxygen atoms in total. The van der Waals surface area contributed by atoms with Crippen LogP contribution in [-0.4, -0.2) is 52.1 Å². The first kappa shape index (κ1) is 29.4. The third-order valence-electron chi connectivity index (χ3n) is 8.60. The smallest absolute Gasteiger partial charge is 0.264 e. The molecule has 1 saturated carbocycles. The van der Waals surface area contributed by atoms with Gasteiger partial charge >= 0.3 is 0 Å². The fraction of sp³-hybridized carbons (Fsp3) is 0.250. The van der Waals surface area contributed by atoms with Crippen molar-refractivity contribution in [2.75, 3.05) is 11.4 Å². The van der Waals surface area contributed by atoms with Crippen molar-refractivity contribution in [1.29, 1.82) is 0 Å². The van der Waals surface area contributed by atoms with Crippen molar-refractivity contribution in [2.45, 2.75) is 37.4 Å². The summed E-state index contributed by atoms with van der Waals surface area (Å²) >= 11 is 0. The van der Waals surface area contributed by atoms with E-state index in [2.05, 4.69) is 10.3 Å². The second-order valence-corrected chi connectivity index (χ2v) is 11.3. The fourth-order valence-corrected chi connectivity index (χ4v) is 6.52. The Morgan fingerprint density at radius 1 is 0.826 bits per heavy atom. The molecule has 1 aliphatic carbocycles. The number of anilines is 1. The third kappa shape index (κ3) is 4.58. The summed E-state index contributed by atoms with van der Waals surface area (Å²) < 4.78 is 70.7. The molecule has 3 heterocycles. The summed E-state index contributed by atoms with van der Waals surface area (Å²) in [7, 11) is 0. The highest BCUT2D eigenvalue weighted by Crippen LogP contribution is 2.45. The van der Waals surface area contributed by atoms with Gasteiger partial charge in [-0.05, 0) is 42.0 Å². The van der Waals surface area contributed by atoms with E-state index in [1.54, 1.807) is 0 Å². The number of nitrogens with zero attached hydrogens (tertiary/aromatic N) is 6. The van der Waals surface area contributed by atoms with Crippen LogP contribution in [0.25, 0.3) is 6.08 Å². The standard InChI is InChI=1S/C32H23F5N6O3/c33-21-22(34)24(36)29(25(37)23(21)35)42-31(45)27-30(32(42)46)41(40-38-27)15-20(44)43-28(17-10-5-2-6-11-17)19-13-7-12-18(26(19)39-43)14-16-8-3-1-4-9-16/h1-6,8-11,14,19,27-28,30H,7,12-13,15H2/b18-14+/t19-,27+,28+,30+/m0/s1. The van der Waals surface area contributed by atoms with Crippen LogP contribution < -0.4 is 4.90 Å². The summed E-state index contributed by atoms with van der Waals surface area (Å²) in [4.78, 5) is 40.2. The van der Waals surface area contributed by atoms with Crippen molar-refractivity contribution in [1.82, 2.24) is 10.0 Å². The number of fused-ring (bicyclic) bond motifs is 2. The van der Waals surface area contributed by atoms with Crippen LogP contribution in [0.1, 0.15) is 36.4 Å². The summed E-state index contributed by atoms with van der Waals surface area (Å²) in [6.07, 6.45) is 4.41. The molecule has 4 aliphatic rings. The number of benzene rings is 3. The summed E-state index contributed by atoms with van der Waals surface area (Å²) in [6.45, 7) is -0.612. The van der Waals surface area contributed by atoms with Crippen molar-refractivity contribution in [2.24, 2.45) is 21.4 Å². The highest BCUT2D eigenvalue weighted by Gasteiger charge is 2.57. The quantitative estimate of drug-likeness (QED) is 0.160. The molecule has 3 amide bonds. The van der Waals surface area contributed by atoms with Crippen LogP contribution >= 0.6 is 0 Å². The van der Waals surface area contributed by atoms with Crippen molar-refractivity contribution in [3.05, 3.63) is 106 Å². The molecule has 1 saturated heterocycles. The Morgan fingerprint density at radius 2 is 1.46 bits per heavy atom. The zero-order valence-electron chi connectivity index (χ0n) is 23.8. The number of allylic oxidation sites excluding steroid dienone is 1. The van der Waals surface area contributed by atoms with Crippen LogP contribution in [0.4, 0.5) is 27.6 Å². The minimum atomic E-state index is -2.44. The number of imide groups is 1. The molecule has 0 N–H and O–H groups in total. The number of amides is 3. The first-order chi connectivity index (χ1) is 22.2. The van der Waals surface area contributed by atoms with Crippen LogP contribution in [0.2, 0.25) is 0 Å². The van der Waals surface area contributed by atoms with E-state index in [0.717, 1.165) is 46.7 Å². The molecule has 46 heavy (non-hydrogen) atoms. The van der Waals surface area contributed by atoms with Gasteiger partial charge in [-0.25, -0.2) is 31.9 Å². The van der Waals surface area contributed by atoms with Gasteiger partial charge in [0.05, 0.1) is 11.8 Å². The van der Waals surface area contributed by atoms with Gasteiger partial charge in [-0.3, -0.25) is 19.4 Å². The molecule has 7 rings (SSSR count). The molecule has 3 aliphatic heterocycles. The second kappa shape index (κ2) is 11.3.